The van der Waals surface area contributed by atoms with Crippen LogP contribution in [0.5, 0.6) is 0 Å². The predicted molar refractivity (Wildman–Crippen MR) is 62.8 cm³/mol. The minimum atomic E-state index is 0.704. The number of pyridine rings is 1. The quantitative estimate of drug-likeness (QED) is 0.547. The Hall–Kier alpha value is -0.370. The van der Waals surface area contributed by atoms with E-state index in [-0.39, 0.29) is 0 Å². The minimum Gasteiger partial charge on any atom is -0.264 e. The Labute approximate surface area is 94.1 Å². The van der Waals surface area contributed by atoms with Gasteiger partial charge in [-0.1, -0.05) is 34.8 Å². The second-order valence-electron chi connectivity index (χ2n) is 4.10. The number of aromatic nitrogens is 1. The molecule has 0 amide bonds. The molecule has 1 saturated carbocycles. The first-order chi connectivity index (χ1) is 6.86. The van der Waals surface area contributed by atoms with Gasteiger partial charge in [0.2, 0.25) is 0 Å². The summed E-state index contributed by atoms with van der Waals surface area (Å²) in [6, 6.07) is 4.26. The molecule has 0 bridgehead atoms. The number of nitrogens with zero attached hydrogens (tertiary/aromatic N) is 1. The van der Waals surface area contributed by atoms with Crippen molar-refractivity contribution in [1.82, 2.24) is 4.98 Å². The molecule has 0 N–H and O–H groups in total. The van der Waals surface area contributed by atoms with Gasteiger partial charge in [-0.3, -0.25) is 4.98 Å². The first-order valence-electron chi connectivity index (χ1n) is 5.40. The van der Waals surface area contributed by atoms with Crippen LogP contribution in [-0.2, 0) is 0 Å². The van der Waals surface area contributed by atoms with Crippen molar-refractivity contribution in [3.63, 3.8) is 0 Å². The van der Waals surface area contributed by atoms with Crippen molar-refractivity contribution in [2.75, 3.05) is 0 Å². The number of halogens is 1. The van der Waals surface area contributed by atoms with Crippen LogP contribution in [0.1, 0.15) is 43.6 Å². The maximum Gasteiger partial charge on any atom is 0.0302 e. The van der Waals surface area contributed by atoms with Gasteiger partial charge in [-0.25, -0.2) is 0 Å². The molecule has 1 heterocycles. The third kappa shape index (κ3) is 2.57. The van der Waals surface area contributed by atoms with Crippen LogP contribution in [0.2, 0.25) is 0 Å². The van der Waals surface area contributed by atoms with Crippen LogP contribution in [0.4, 0.5) is 0 Å². The summed E-state index contributed by atoms with van der Waals surface area (Å²) in [6.45, 7) is 0. The Bertz CT molecular complexity index is 273. The molecule has 1 aromatic heterocycles. The van der Waals surface area contributed by atoms with Gasteiger partial charge in [-0.15, -0.1) is 0 Å². The molecule has 2 rings (SSSR count). The van der Waals surface area contributed by atoms with E-state index < -0.39 is 0 Å². The molecule has 0 spiro atoms. The van der Waals surface area contributed by atoms with Crippen molar-refractivity contribution in [3.05, 3.63) is 30.1 Å². The lowest BCUT2D eigenvalue weighted by Crippen LogP contribution is -2.03. The van der Waals surface area contributed by atoms with E-state index >= 15 is 0 Å². The molecule has 1 aromatic rings. The highest BCUT2D eigenvalue weighted by atomic mass is 79.9. The molecule has 1 fully saturated rings. The van der Waals surface area contributed by atoms with E-state index in [0.717, 1.165) is 5.92 Å². The fourth-order valence-corrected chi connectivity index (χ4v) is 3.00. The molecule has 1 aliphatic carbocycles. The van der Waals surface area contributed by atoms with Crippen molar-refractivity contribution >= 4 is 15.9 Å². The lowest BCUT2D eigenvalue weighted by atomic mass is 9.93. The van der Waals surface area contributed by atoms with Crippen LogP contribution in [0.3, 0.4) is 0 Å². The summed E-state index contributed by atoms with van der Waals surface area (Å²) in [4.78, 5) is 4.90. The van der Waals surface area contributed by atoms with Gasteiger partial charge in [0.05, 0.1) is 0 Å². The Kier molecular flexibility index (Phi) is 3.57. The van der Waals surface area contributed by atoms with Gasteiger partial charge in [0.25, 0.3) is 0 Å². The van der Waals surface area contributed by atoms with E-state index in [4.69, 9.17) is 0 Å². The largest absolute Gasteiger partial charge is 0.264 e. The van der Waals surface area contributed by atoms with Gasteiger partial charge in [0, 0.05) is 17.2 Å². The Balaban J connectivity index is 2.09. The highest BCUT2D eigenvalue weighted by Crippen LogP contribution is 2.34. The van der Waals surface area contributed by atoms with E-state index in [1.54, 1.807) is 0 Å². The van der Waals surface area contributed by atoms with Crippen LogP contribution in [0, 0.1) is 0 Å². The molecule has 1 aliphatic rings. The van der Waals surface area contributed by atoms with E-state index in [9.17, 15) is 0 Å². The summed E-state index contributed by atoms with van der Waals surface area (Å²) in [7, 11) is 0. The van der Waals surface area contributed by atoms with Crippen molar-refractivity contribution in [1.29, 1.82) is 0 Å². The van der Waals surface area contributed by atoms with Gasteiger partial charge in [-0.05, 0) is 36.8 Å². The Morgan fingerprint density at radius 3 is 2.93 bits per heavy atom. The zero-order valence-corrected chi connectivity index (χ0v) is 9.91. The third-order valence-electron chi connectivity index (χ3n) is 3.02. The minimum absolute atomic E-state index is 0.704. The lowest BCUT2D eigenvalue weighted by Gasteiger charge is -2.15. The number of alkyl halides is 1. The number of rotatable bonds is 1. The summed E-state index contributed by atoms with van der Waals surface area (Å²) in [5.41, 5.74) is 1.42. The van der Waals surface area contributed by atoms with Gasteiger partial charge in [0.15, 0.2) is 0 Å². The van der Waals surface area contributed by atoms with Crippen LogP contribution >= 0.6 is 15.9 Å². The molecule has 76 valence electrons. The zero-order chi connectivity index (χ0) is 9.80. The average Bonchev–Trinajstić information content (AvgIpc) is 2.44. The predicted octanol–water partition coefficient (Wildman–Crippen LogP) is 3.89. The van der Waals surface area contributed by atoms with Gasteiger partial charge in [0.1, 0.15) is 0 Å². The molecular weight excluding hydrogens is 238 g/mol. The molecule has 0 radical (unpaired) electrons. The summed E-state index contributed by atoms with van der Waals surface area (Å²) in [5.74, 6) is 0.718. The first kappa shape index (κ1) is 10.2. The molecule has 2 unspecified atom stereocenters. The average molecular weight is 254 g/mol. The standard InChI is InChI=1S/C12H16BrN/c13-12-6-2-1-4-10(8-12)11-5-3-7-14-9-11/h3,5,7,9-10,12H,1-2,4,6,8H2. The number of hydrogen-bond donors (Lipinski definition) is 0. The Morgan fingerprint density at radius 2 is 2.14 bits per heavy atom. The third-order valence-corrected chi connectivity index (χ3v) is 3.85. The topological polar surface area (TPSA) is 12.9 Å². The fourth-order valence-electron chi connectivity index (χ4n) is 2.22. The summed E-state index contributed by atoms with van der Waals surface area (Å²) in [6.07, 6.45) is 10.5. The summed E-state index contributed by atoms with van der Waals surface area (Å²) >= 11 is 3.76. The zero-order valence-electron chi connectivity index (χ0n) is 8.32. The highest BCUT2D eigenvalue weighted by molar-refractivity contribution is 9.09. The van der Waals surface area contributed by atoms with Crippen LogP contribution in [0.15, 0.2) is 24.5 Å². The van der Waals surface area contributed by atoms with Gasteiger partial charge < -0.3 is 0 Å². The normalized spacial score (nSPS) is 28.4. The summed E-state index contributed by atoms with van der Waals surface area (Å²) < 4.78 is 0. The first-order valence-corrected chi connectivity index (χ1v) is 6.32. The molecule has 0 aliphatic heterocycles. The van der Waals surface area contributed by atoms with Crippen molar-refractivity contribution in [2.24, 2.45) is 0 Å². The monoisotopic (exact) mass is 253 g/mol. The molecule has 14 heavy (non-hydrogen) atoms. The van der Waals surface area contributed by atoms with E-state index in [1.165, 1.54) is 37.7 Å². The van der Waals surface area contributed by atoms with Crippen molar-refractivity contribution < 1.29 is 0 Å². The SMILES string of the molecule is BrC1CCCCC(c2cccnc2)C1. The lowest BCUT2D eigenvalue weighted by molar-refractivity contribution is 0.598. The maximum atomic E-state index is 4.20. The molecule has 2 heteroatoms. The van der Waals surface area contributed by atoms with Crippen molar-refractivity contribution in [2.45, 2.75) is 42.8 Å². The van der Waals surface area contributed by atoms with E-state index in [0.29, 0.717) is 4.83 Å². The van der Waals surface area contributed by atoms with Crippen LogP contribution < -0.4 is 0 Å². The fraction of sp³-hybridized carbons (Fsp3) is 0.583. The molecule has 1 nitrogen and oxygen atoms in total. The summed E-state index contributed by atoms with van der Waals surface area (Å²) in [5, 5.41) is 0. The molecule has 0 saturated heterocycles. The van der Waals surface area contributed by atoms with Crippen LogP contribution in [-0.4, -0.2) is 9.81 Å². The van der Waals surface area contributed by atoms with Gasteiger partial charge in [-0.2, -0.15) is 0 Å². The van der Waals surface area contributed by atoms with Gasteiger partial charge >= 0.3 is 0 Å². The van der Waals surface area contributed by atoms with E-state index in [2.05, 4.69) is 27.0 Å². The second-order valence-corrected chi connectivity index (χ2v) is 5.40. The maximum absolute atomic E-state index is 4.20. The Morgan fingerprint density at radius 1 is 1.29 bits per heavy atom. The smallest absolute Gasteiger partial charge is 0.0302 e. The number of hydrogen-bond acceptors (Lipinski definition) is 1. The second kappa shape index (κ2) is 4.92. The molecular formula is C12H16BrN. The molecule has 0 aromatic carbocycles. The van der Waals surface area contributed by atoms with Crippen molar-refractivity contribution in [3.8, 4) is 0 Å². The van der Waals surface area contributed by atoms with E-state index in [1.807, 2.05) is 18.5 Å². The van der Waals surface area contributed by atoms with Crippen LogP contribution in [0.25, 0.3) is 0 Å². The molecule has 2 atom stereocenters. The highest BCUT2D eigenvalue weighted by Gasteiger charge is 2.19.